The van der Waals surface area contributed by atoms with Gasteiger partial charge < -0.3 is 20.1 Å². The fourth-order valence-corrected chi connectivity index (χ4v) is 2.41. The molecule has 2 atom stereocenters. The fraction of sp³-hybridized carbons (Fsp3) is 0.529. The van der Waals surface area contributed by atoms with Gasteiger partial charge in [0.2, 0.25) is 0 Å². The number of ether oxygens (including phenoxy) is 2. The number of benzene rings is 1. The molecule has 1 amide bonds. The summed E-state index contributed by atoms with van der Waals surface area (Å²) in [6, 6.07) is 8.98. The van der Waals surface area contributed by atoms with Crippen molar-refractivity contribution in [3.8, 4) is 0 Å². The molecule has 2 unspecified atom stereocenters. The molecule has 0 radical (unpaired) electrons. The number of amides is 1. The van der Waals surface area contributed by atoms with E-state index in [1.807, 2.05) is 30.3 Å². The van der Waals surface area contributed by atoms with E-state index in [2.05, 4.69) is 10.6 Å². The largest absolute Gasteiger partial charge is 0.463 e. The number of hydrogen-bond donors (Lipinski definition) is 2. The number of carbonyl (C=O) groups excluding carboxylic acids is 2. The van der Waals surface area contributed by atoms with Crippen LogP contribution in [-0.4, -0.2) is 43.8 Å². The number of esters is 1. The Morgan fingerprint density at radius 1 is 1.35 bits per heavy atom. The van der Waals surface area contributed by atoms with E-state index in [1.165, 1.54) is 0 Å². The molecule has 0 aromatic heterocycles. The van der Waals surface area contributed by atoms with Gasteiger partial charge in [-0.2, -0.15) is 0 Å². The number of morpholine rings is 1. The number of carbonyl (C=O) groups is 2. The summed E-state index contributed by atoms with van der Waals surface area (Å²) in [7, 11) is 0. The lowest BCUT2D eigenvalue weighted by Crippen LogP contribution is -2.48. The molecule has 1 aromatic rings. The summed E-state index contributed by atoms with van der Waals surface area (Å²) in [5.41, 5.74) is 0.866. The summed E-state index contributed by atoms with van der Waals surface area (Å²) in [6.45, 7) is 5.32. The minimum atomic E-state index is -0.531. The van der Waals surface area contributed by atoms with Crippen molar-refractivity contribution in [1.29, 1.82) is 0 Å². The minimum absolute atomic E-state index is 0.0914. The van der Waals surface area contributed by atoms with Gasteiger partial charge in [0, 0.05) is 13.1 Å². The molecule has 1 heterocycles. The van der Waals surface area contributed by atoms with Crippen LogP contribution in [0, 0.1) is 0 Å². The quantitative estimate of drug-likeness (QED) is 0.770. The summed E-state index contributed by atoms with van der Waals surface area (Å²) < 4.78 is 10.7. The van der Waals surface area contributed by atoms with Crippen molar-refractivity contribution in [2.24, 2.45) is 0 Å². The molecule has 0 saturated carbocycles. The van der Waals surface area contributed by atoms with Gasteiger partial charge in [-0.3, -0.25) is 9.59 Å². The van der Waals surface area contributed by atoms with E-state index >= 15 is 0 Å². The predicted octanol–water partition coefficient (Wildman–Crippen LogP) is 1.17. The highest BCUT2D eigenvalue weighted by atomic mass is 16.5. The van der Waals surface area contributed by atoms with Crippen molar-refractivity contribution in [2.75, 3.05) is 19.7 Å². The molecule has 6 heteroatoms. The van der Waals surface area contributed by atoms with Crippen molar-refractivity contribution in [3.05, 3.63) is 35.9 Å². The minimum Gasteiger partial charge on any atom is -0.463 e. The van der Waals surface area contributed by atoms with Crippen LogP contribution in [0.5, 0.6) is 0 Å². The third-order valence-electron chi connectivity index (χ3n) is 3.48. The van der Waals surface area contributed by atoms with Gasteiger partial charge in [-0.15, -0.1) is 0 Å². The highest BCUT2D eigenvalue weighted by Crippen LogP contribution is 2.18. The summed E-state index contributed by atoms with van der Waals surface area (Å²) in [6.07, 6.45) is -0.620. The smallest absolute Gasteiger partial charge is 0.308 e. The lowest BCUT2D eigenvalue weighted by molar-refractivity contribution is -0.148. The Labute approximate surface area is 136 Å². The van der Waals surface area contributed by atoms with E-state index in [0.29, 0.717) is 13.2 Å². The molecule has 23 heavy (non-hydrogen) atoms. The van der Waals surface area contributed by atoms with Gasteiger partial charge in [-0.25, -0.2) is 0 Å². The van der Waals surface area contributed by atoms with Gasteiger partial charge in [0.15, 0.2) is 0 Å². The topological polar surface area (TPSA) is 76.7 Å². The highest BCUT2D eigenvalue weighted by Gasteiger charge is 2.26. The average Bonchev–Trinajstić information content (AvgIpc) is 2.55. The Bertz CT molecular complexity index is 513. The first-order valence-electron chi connectivity index (χ1n) is 7.93. The monoisotopic (exact) mass is 320 g/mol. The third-order valence-corrected chi connectivity index (χ3v) is 3.48. The van der Waals surface area contributed by atoms with Gasteiger partial charge in [-0.1, -0.05) is 30.3 Å². The summed E-state index contributed by atoms with van der Waals surface area (Å²) in [5.74, 6) is -0.555. The average molecular weight is 320 g/mol. The van der Waals surface area contributed by atoms with E-state index < -0.39 is 12.1 Å². The molecular formula is C17H24N2O4. The first kappa shape index (κ1) is 17.4. The summed E-state index contributed by atoms with van der Waals surface area (Å²) in [5, 5.41) is 6.02. The molecule has 1 fully saturated rings. The molecule has 0 spiro atoms. The molecule has 0 bridgehead atoms. The van der Waals surface area contributed by atoms with E-state index in [0.717, 1.165) is 12.1 Å². The summed E-state index contributed by atoms with van der Waals surface area (Å²) >= 11 is 0. The Morgan fingerprint density at radius 3 is 2.70 bits per heavy atom. The molecule has 1 aliphatic rings. The Balaban J connectivity index is 2.03. The lowest BCUT2D eigenvalue weighted by atomic mass is 10.0. The molecule has 2 N–H and O–H groups in total. The maximum absolute atomic E-state index is 12.4. The predicted molar refractivity (Wildman–Crippen MR) is 85.8 cm³/mol. The van der Waals surface area contributed by atoms with Crippen LogP contribution in [0.15, 0.2) is 30.3 Å². The van der Waals surface area contributed by atoms with Gasteiger partial charge >= 0.3 is 5.97 Å². The Kier molecular flexibility index (Phi) is 6.55. The number of hydrogen-bond acceptors (Lipinski definition) is 5. The van der Waals surface area contributed by atoms with E-state index in [4.69, 9.17) is 9.47 Å². The molecule has 2 rings (SSSR count). The zero-order valence-electron chi connectivity index (χ0n) is 13.6. The van der Waals surface area contributed by atoms with E-state index in [9.17, 15) is 9.59 Å². The first-order chi connectivity index (χ1) is 11.1. The molecular weight excluding hydrogens is 296 g/mol. The van der Waals surface area contributed by atoms with Crippen molar-refractivity contribution >= 4 is 11.9 Å². The highest BCUT2D eigenvalue weighted by molar-refractivity contribution is 5.82. The number of rotatable bonds is 6. The van der Waals surface area contributed by atoms with E-state index in [-0.39, 0.29) is 24.4 Å². The first-order valence-corrected chi connectivity index (χ1v) is 7.93. The van der Waals surface area contributed by atoms with Gasteiger partial charge in [0.25, 0.3) is 5.91 Å². The van der Waals surface area contributed by atoms with Crippen molar-refractivity contribution in [3.63, 3.8) is 0 Å². The van der Waals surface area contributed by atoms with Crippen molar-refractivity contribution in [2.45, 2.75) is 38.5 Å². The van der Waals surface area contributed by atoms with Crippen LogP contribution < -0.4 is 10.6 Å². The normalized spacial score (nSPS) is 19.2. The molecule has 1 saturated heterocycles. The second-order valence-corrected chi connectivity index (χ2v) is 5.78. The van der Waals surface area contributed by atoms with Gasteiger partial charge in [-0.05, 0) is 19.4 Å². The molecule has 6 nitrogen and oxygen atoms in total. The number of nitrogens with one attached hydrogen (secondary N) is 2. The Morgan fingerprint density at radius 2 is 2.09 bits per heavy atom. The SMILES string of the molecule is CC(C)OC(=O)CC(NC(=O)C1CNCCO1)c1ccccc1. The Hall–Kier alpha value is -1.92. The fourth-order valence-electron chi connectivity index (χ4n) is 2.41. The zero-order valence-corrected chi connectivity index (χ0v) is 13.6. The molecule has 0 aliphatic carbocycles. The summed E-state index contributed by atoms with van der Waals surface area (Å²) in [4.78, 5) is 24.3. The second kappa shape index (κ2) is 8.64. The molecule has 1 aliphatic heterocycles. The maximum atomic E-state index is 12.4. The standard InChI is InChI=1S/C17H24N2O4/c1-12(2)23-16(20)10-14(13-6-4-3-5-7-13)19-17(21)15-11-18-8-9-22-15/h3-7,12,14-15,18H,8-11H2,1-2H3,(H,19,21). The molecule has 1 aromatic carbocycles. The van der Waals surface area contributed by atoms with Crippen LogP contribution in [0.1, 0.15) is 31.9 Å². The molecule has 126 valence electrons. The maximum Gasteiger partial charge on any atom is 0.308 e. The van der Waals surface area contributed by atoms with Gasteiger partial charge in [0.1, 0.15) is 6.10 Å². The van der Waals surface area contributed by atoms with Crippen LogP contribution in [0.2, 0.25) is 0 Å². The van der Waals surface area contributed by atoms with Crippen LogP contribution >= 0.6 is 0 Å². The van der Waals surface area contributed by atoms with Crippen LogP contribution in [0.4, 0.5) is 0 Å². The third kappa shape index (κ3) is 5.65. The van der Waals surface area contributed by atoms with Crippen molar-refractivity contribution < 1.29 is 19.1 Å². The van der Waals surface area contributed by atoms with Crippen LogP contribution in [-0.2, 0) is 19.1 Å². The lowest BCUT2D eigenvalue weighted by Gasteiger charge is -2.26. The van der Waals surface area contributed by atoms with Gasteiger partial charge in [0.05, 0.1) is 25.2 Å². The zero-order chi connectivity index (χ0) is 16.7. The van der Waals surface area contributed by atoms with Crippen LogP contribution in [0.25, 0.3) is 0 Å². The van der Waals surface area contributed by atoms with Crippen molar-refractivity contribution in [1.82, 2.24) is 10.6 Å². The second-order valence-electron chi connectivity index (χ2n) is 5.78. The van der Waals surface area contributed by atoms with E-state index in [1.54, 1.807) is 13.8 Å². The van der Waals surface area contributed by atoms with Crippen LogP contribution in [0.3, 0.4) is 0 Å².